The SMILES string of the molecule is COc1cc2c(cc1OC)CN(CC(=O)c1cc(C)n(-c3ccc(S(N)(=O)=O)cc3)c1C)CC2. The summed E-state index contributed by atoms with van der Waals surface area (Å²) in [5.41, 5.74) is 5.49. The third-order valence-corrected chi connectivity index (χ3v) is 7.25. The lowest BCUT2D eigenvalue weighted by Gasteiger charge is -2.29. The maximum absolute atomic E-state index is 13.3. The van der Waals surface area contributed by atoms with Gasteiger partial charge < -0.3 is 14.0 Å². The maximum Gasteiger partial charge on any atom is 0.238 e. The number of primary sulfonamides is 1. The average Bonchev–Trinajstić information content (AvgIpc) is 3.11. The van der Waals surface area contributed by atoms with Crippen LogP contribution in [0.2, 0.25) is 0 Å². The number of nitrogens with two attached hydrogens (primary N) is 1. The van der Waals surface area contributed by atoms with Crippen molar-refractivity contribution in [3.63, 3.8) is 0 Å². The maximum atomic E-state index is 13.3. The number of Topliss-reactive ketones (excluding diaryl/α,β-unsaturated/α-hetero) is 1. The van der Waals surface area contributed by atoms with Crippen molar-refractivity contribution < 1.29 is 22.7 Å². The lowest BCUT2D eigenvalue weighted by Crippen LogP contribution is -2.35. The molecule has 1 aromatic heterocycles. The Morgan fingerprint density at radius 3 is 2.21 bits per heavy atom. The molecule has 8 nitrogen and oxygen atoms in total. The first-order valence-electron chi connectivity index (χ1n) is 10.9. The number of nitrogens with zero attached hydrogens (tertiary/aromatic N) is 2. The molecule has 2 N–H and O–H groups in total. The lowest BCUT2D eigenvalue weighted by atomic mass is 9.98. The average molecular weight is 484 g/mol. The van der Waals surface area contributed by atoms with Gasteiger partial charge in [0.05, 0.1) is 25.7 Å². The fourth-order valence-electron chi connectivity index (χ4n) is 4.59. The van der Waals surface area contributed by atoms with Crippen LogP contribution in [0.15, 0.2) is 47.4 Å². The molecule has 9 heteroatoms. The van der Waals surface area contributed by atoms with Crippen molar-refractivity contribution in [2.24, 2.45) is 5.14 Å². The van der Waals surface area contributed by atoms with E-state index in [0.29, 0.717) is 24.4 Å². The van der Waals surface area contributed by atoms with E-state index in [-0.39, 0.29) is 10.7 Å². The van der Waals surface area contributed by atoms with Crippen LogP contribution in [0.25, 0.3) is 5.69 Å². The number of ether oxygens (including phenoxy) is 2. The minimum absolute atomic E-state index is 0.0458. The van der Waals surface area contributed by atoms with Gasteiger partial charge in [0, 0.05) is 35.7 Å². The van der Waals surface area contributed by atoms with Gasteiger partial charge in [-0.2, -0.15) is 0 Å². The zero-order chi connectivity index (χ0) is 24.6. The van der Waals surface area contributed by atoms with Crippen molar-refractivity contribution in [2.75, 3.05) is 27.3 Å². The van der Waals surface area contributed by atoms with E-state index in [4.69, 9.17) is 14.6 Å². The molecule has 0 aliphatic carbocycles. The Hall–Kier alpha value is -3.14. The number of benzene rings is 2. The van der Waals surface area contributed by atoms with E-state index in [1.165, 1.54) is 17.7 Å². The summed E-state index contributed by atoms with van der Waals surface area (Å²) < 4.78 is 35.9. The highest BCUT2D eigenvalue weighted by atomic mass is 32.2. The van der Waals surface area contributed by atoms with Gasteiger partial charge in [0.25, 0.3) is 0 Å². The van der Waals surface area contributed by atoms with Crippen LogP contribution >= 0.6 is 0 Å². The predicted molar refractivity (Wildman–Crippen MR) is 129 cm³/mol. The van der Waals surface area contributed by atoms with E-state index in [1.54, 1.807) is 26.4 Å². The number of rotatable bonds is 7. The third-order valence-electron chi connectivity index (χ3n) is 6.32. The Bertz CT molecular complexity index is 1340. The molecule has 34 heavy (non-hydrogen) atoms. The summed E-state index contributed by atoms with van der Waals surface area (Å²) in [4.78, 5) is 15.4. The van der Waals surface area contributed by atoms with Gasteiger partial charge in [-0.3, -0.25) is 9.69 Å². The monoisotopic (exact) mass is 483 g/mol. The van der Waals surface area contributed by atoms with Crippen LogP contribution in [0.1, 0.15) is 32.9 Å². The van der Waals surface area contributed by atoms with Gasteiger partial charge in [0.15, 0.2) is 17.3 Å². The van der Waals surface area contributed by atoms with Crippen LogP contribution in [0.5, 0.6) is 11.5 Å². The first kappa shape index (κ1) is 24.0. The van der Waals surface area contributed by atoms with Gasteiger partial charge in [-0.15, -0.1) is 0 Å². The molecular weight excluding hydrogens is 454 g/mol. The molecule has 180 valence electrons. The number of sulfonamides is 1. The molecule has 0 atom stereocenters. The highest BCUT2D eigenvalue weighted by Crippen LogP contribution is 2.33. The number of aromatic nitrogens is 1. The van der Waals surface area contributed by atoms with E-state index in [9.17, 15) is 13.2 Å². The van der Waals surface area contributed by atoms with Crippen LogP contribution in [-0.4, -0.2) is 51.0 Å². The summed E-state index contributed by atoms with van der Waals surface area (Å²) in [6.45, 7) is 5.57. The molecule has 0 radical (unpaired) electrons. The molecule has 3 aromatic rings. The summed E-state index contributed by atoms with van der Waals surface area (Å²) >= 11 is 0. The Kier molecular flexibility index (Phi) is 6.53. The van der Waals surface area contributed by atoms with E-state index in [0.717, 1.165) is 41.4 Å². The second kappa shape index (κ2) is 9.25. The van der Waals surface area contributed by atoms with Crippen molar-refractivity contribution in [1.29, 1.82) is 0 Å². The second-order valence-electron chi connectivity index (χ2n) is 8.52. The van der Waals surface area contributed by atoms with Crippen LogP contribution in [0, 0.1) is 13.8 Å². The molecule has 0 bridgehead atoms. The number of ketones is 1. The highest BCUT2D eigenvalue weighted by molar-refractivity contribution is 7.89. The van der Waals surface area contributed by atoms with Crippen molar-refractivity contribution in [1.82, 2.24) is 9.47 Å². The Balaban J connectivity index is 1.54. The van der Waals surface area contributed by atoms with Crippen LogP contribution < -0.4 is 14.6 Å². The molecule has 1 aliphatic rings. The molecule has 4 rings (SSSR count). The van der Waals surface area contributed by atoms with Crippen molar-refractivity contribution >= 4 is 15.8 Å². The highest BCUT2D eigenvalue weighted by Gasteiger charge is 2.24. The number of carbonyl (C=O) groups excluding carboxylic acids is 1. The zero-order valence-corrected chi connectivity index (χ0v) is 20.6. The van der Waals surface area contributed by atoms with E-state index >= 15 is 0 Å². The fourth-order valence-corrected chi connectivity index (χ4v) is 5.11. The third kappa shape index (κ3) is 4.59. The Morgan fingerprint density at radius 2 is 1.62 bits per heavy atom. The zero-order valence-electron chi connectivity index (χ0n) is 19.8. The van der Waals surface area contributed by atoms with E-state index in [1.807, 2.05) is 36.6 Å². The van der Waals surface area contributed by atoms with Crippen molar-refractivity contribution in [2.45, 2.75) is 31.7 Å². The number of carbonyl (C=O) groups is 1. The first-order valence-corrected chi connectivity index (χ1v) is 12.5. The quantitative estimate of drug-likeness (QED) is 0.518. The molecule has 1 aliphatic heterocycles. The molecule has 0 saturated heterocycles. The van der Waals surface area contributed by atoms with E-state index < -0.39 is 10.0 Å². The molecule has 2 aromatic carbocycles. The van der Waals surface area contributed by atoms with Crippen molar-refractivity contribution in [3.8, 4) is 17.2 Å². The van der Waals surface area contributed by atoms with Crippen LogP contribution in [0.3, 0.4) is 0 Å². The normalized spacial score (nSPS) is 14.0. The number of methoxy groups -OCH3 is 2. The molecule has 0 unspecified atom stereocenters. The second-order valence-corrected chi connectivity index (χ2v) is 10.1. The number of aryl methyl sites for hydroxylation is 1. The largest absolute Gasteiger partial charge is 0.493 e. The number of fused-ring (bicyclic) bond motifs is 1. The standard InChI is InChI=1S/C25H29N3O5S/c1-16-11-22(17(2)28(16)20-5-7-21(8-6-20)34(26,30)31)23(29)15-27-10-9-18-12-24(32-3)25(33-4)13-19(18)14-27/h5-8,11-13H,9-10,14-15H2,1-4H3,(H2,26,30,31). The van der Waals surface area contributed by atoms with E-state index in [2.05, 4.69) is 4.90 Å². The van der Waals surface area contributed by atoms with Gasteiger partial charge in [-0.1, -0.05) is 0 Å². The minimum Gasteiger partial charge on any atom is -0.493 e. The molecule has 0 saturated carbocycles. The Labute approximate surface area is 199 Å². The van der Waals surface area contributed by atoms with Crippen molar-refractivity contribution in [3.05, 3.63) is 70.5 Å². The smallest absolute Gasteiger partial charge is 0.238 e. The molecule has 0 amide bonds. The molecule has 0 fully saturated rings. The summed E-state index contributed by atoms with van der Waals surface area (Å²) in [7, 11) is -0.514. The van der Waals surface area contributed by atoms with Gasteiger partial charge >= 0.3 is 0 Å². The summed E-state index contributed by atoms with van der Waals surface area (Å²) in [6, 6.07) is 12.2. The first-order chi connectivity index (χ1) is 16.1. The summed E-state index contributed by atoms with van der Waals surface area (Å²) in [5.74, 6) is 1.45. The molecule has 2 heterocycles. The van der Waals surface area contributed by atoms with Gasteiger partial charge in [0.2, 0.25) is 10.0 Å². The number of hydrogen-bond donors (Lipinski definition) is 1. The van der Waals surface area contributed by atoms with Crippen LogP contribution in [-0.2, 0) is 23.0 Å². The lowest BCUT2D eigenvalue weighted by molar-refractivity contribution is 0.0920. The van der Waals surface area contributed by atoms with Crippen LogP contribution in [0.4, 0.5) is 0 Å². The molecule has 0 spiro atoms. The summed E-state index contributed by atoms with van der Waals surface area (Å²) in [5, 5.41) is 5.20. The van der Waals surface area contributed by atoms with Gasteiger partial charge in [0.1, 0.15) is 0 Å². The predicted octanol–water partition coefficient (Wildman–Crippen LogP) is 3.00. The topological polar surface area (TPSA) is 104 Å². The Morgan fingerprint density at radius 1 is 1.00 bits per heavy atom. The number of hydrogen-bond acceptors (Lipinski definition) is 6. The summed E-state index contributed by atoms with van der Waals surface area (Å²) in [6.07, 6.45) is 0.832. The molecular formula is C25H29N3O5S. The minimum atomic E-state index is -3.76. The fraction of sp³-hybridized carbons (Fsp3) is 0.320. The van der Waals surface area contributed by atoms with Gasteiger partial charge in [-0.05, 0) is 73.9 Å². The van der Waals surface area contributed by atoms with Gasteiger partial charge in [-0.25, -0.2) is 13.6 Å².